The Labute approximate surface area is 120 Å². The first-order valence-electron chi connectivity index (χ1n) is 5.74. The van der Waals surface area contributed by atoms with Gasteiger partial charge in [-0.2, -0.15) is 0 Å². The smallest absolute Gasteiger partial charge is 0.147 e. The van der Waals surface area contributed by atoms with Crippen molar-refractivity contribution >= 4 is 25.8 Å². The highest BCUT2D eigenvalue weighted by Crippen LogP contribution is 2.27. The molecule has 0 saturated carbocycles. The third-order valence-electron chi connectivity index (χ3n) is 2.75. The molecule has 1 aromatic carbocycles. The van der Waals surface area contributed by atoms with Gasteiger partial charge >= 0.3 is 0 Å². The zero-order valence-electron chi connectivity index (χ0n) is 10.7. The fourth-order valence-electron chi connectivity index (χ4n) is 1.87. The lowest BCUT2D eigenvalue weighted by Gasteiger charge is -2.18. The van der Waals surface area contributed by atoms with Crippen LogP contribution in [0.3, 0.4) is 0 Å². The monoisotopic (exact) mass is 355 g/mol. The first-order chi connectivity index (χ1) is 8.74. The normalized spacial score (nSPS) is 13.5. The Morgan fingerprint density at radius 1 is 1.32 bits per heavy atom. The van der Waals surface area contributed by atoms with E-state index in [4.69, 9.17) is 0 Å². The standard InChI is InChI=1S/C12H16BrF2NO2S/c1-16-11(4-3-5-19(2,17)18)12-9(14)6-8(13)7-10(12)15/h6-7,11,16H,3-5H2,1-2H3. The van der Waals surface area contributed by atoms with Gasteiger partial charge in [0.25, 0.3) is 0 Å². The van der Waals surface area contributed by atoms with Gasteiger partial charge in [0.1, 0.15) is 21.5 Å². The van der Waals surface area contributed by atoms with Gasteiger partial charge in [0.05, 0.1) is 0 Å². The van der Waals surface area contributed by atoms with Crippen molar-refractivity contribution in [2.24, 2.45) is 0 Å². The molecule has 7 heteroatoms. The van der Waals surface area contributed by atoms with Crippen molar-refractivity contribution in [3.8, 4) is 0 Å². The summed E-state index contributed by atoms with van der Waals surface area (Å²) in [7, 11) is -1.47. The van der Waals surface area contributed by atoms with E-state index in [1.165, 1.54) is 12.1 Å². The molecule has 0 aliphatic carbocycles. The van der Waals surface area contributed by atoms with E-state index < -0.39 is 27.5 Å². The van der Waals surface area contributed by atoms with E-state index >= 15 is 0 Å². The predicted molar refractivity (Wildman–Crippen MR) is 74.8 cm³/mol. The largest absolute Gasteiger partial charge is 0.313 e. The fraction of sp³-hybridized carbons (Fsp3) is 0.500. The maximum atomic E-state index is 13.8. The summed E-state index contributed by atoms with van der Waals surface area (Å²) < 4.78 is 50.0. The van der Waals surface area contributed by atoms with Gasteiger partial charge < -0.3 is 5.32 Å². The summed E-state index contributed by atoms with van der Waals surface area (Å²) in [4.78, 5) is 0. The molecule has 0 amide bonds. The summed E-state index contributed by atoms with van der Waals surface area (Å²) >= 11 is 3.02. The van der Waals surface area contributed by atoms with E-state index in [-0.39, 0.29) is 11.3 Å². The van der Waals surface area contributed by atoms with Gasteiger partial charge in [-0.25, -0.2) is 17.2 Å². The van der Waals surface area contributed by atoms with Gasteiger partial charge in [0, 0.05) is 28.1 Å². The van der Waals surface area contributed by atoms with Crippen LogP contribution < -0.4 is 5.32 Å². The van der Waals surface area contributed by atoms with Crippen molar-refractivity contribution in [1.82, 2.24) is 5.32 Å². The molecule has 0 radical (unpaired) electrons. The van der Waals surface area contributed by atoms with Gasteiger partial charge in [0.15, 0.2) is 0 Å². The molecule has 0 aromatic heterocycles. The van der Waals surface area contributed by atoms with Gasteiger partial charge in [0.2, 0.25) is 0 Å². The second kappa shape index (κ2) is 6.76. The molecule has 0 heterocycles. The van der Waals surface area contributed by atoms with E-state index in [9.17, 15) is 17.2 Å². The molecule has 1 unspecified atom stereocenters. The highest BCUT2D eigenvalue weighted by Gasteiger charge is 2.20. The average molecular weight is 356 g/mol. The molecule has 0 spiro atoms. The van der Waals surface area contributed by atoms with Crippen LogP contribution >= 0.6 is 15.9 Å². The van der Waals surface area contributed by atoms with Crippen LogP contribution in [0.5, 0.6) is 0 Å². The number of hydrogen-bond donors (Lipinski definition) is 1. The molecule has 1 N–H and O–H groups in total. The summed E-state index contributed by atoms with van der Waals surface area (Å²) in [6.45, 7) is 0. The van der Waals surface area contributed by atoms with E-state index in [0.717, 1.165) is 6.26 Å². The summed E-state index contributed by atoms with van der Waals surface area (Å²) in [6.07, 6.45) is 1.83. The molecule has 1 aromatic rings. The van der Waals surface area contributed by atoms with E-state index in [1.807, 2.05) is 0 Å². The van der Waals surface area contributed by atoms with Crippen LogP contribution in [0.25, 0.3) is 0 Å². The van der Waals surface area contributed by atoms with Gasteiger partial charge in [-0.05, 0) is 32.0 Å². The molecule has 0 aliphatic rings. The van der Waals surface area contributed by atoms with Crippen LogP contribution in [-0.4, -0.2) is 27.5 Å². The Balaban J connectivity index is 2.86. The molecular weight excluding hydrogens is 340 g/mol. The Hall–Kier alpha value is -0.530. The van der Waals surface area contributed by atoms with Crippen molar-refractivity contribution in [3.05, 3.63) is 33.8 Å². The number of sulfone groups is 1. The van der Waals surface area contributed by atoms with E-state index in [0.29, 0.717) is 17.3 Å². The van der Waals surface area contributed by atoms with Crippen LogP contribution in [-0.2, 0) is 9.84 Å². The first-order valence-corrected chi connectivity index (χ1v) is 8.59. The lowest BCUT2D eigenvalue weighted by atomic mass is 10.0. The lowest BCUT2D eigenvalue weighted by molar-refractivity contribution is 0.467. The van der Waals surface area contributed by atoms with Crippen LogP contribution in [0.15, 0.2) is 16.6 Å². The molecule has 3 nitrogen and oxygen atoms in total. The molecule has 0 aliphatic heterocycles. The van der Waals surface area contributed by atoms with Crippen LogP contribution in [0, 0.1) is 11.6 Å². The van der Waals surface area contributed by atoms with Crippen molar-refractivity contribution in [3.63, 3.8) is 0 Å². The predicted octanol–water partition coefficient (Wildman–Crippen LogP) is 2.81. The zero-order chi connectivity index (χ0) is 14.6. The second-order valence-electron chi connectivity index (χ2n) is 4.40. The molecule has 1 rings (SSSR count). The van der Waals surface area contributed by atoms with Crippen molar-refractivity contribution in [2.45, 2.75) is 18.9 Å². The SMILES string of the molecule is CNC(CCCS(C)(=O)=O)c1c(F)cc(Br)cc1F. The quantitative estimate of drug-likeness (QED) is 0.853. The molecule has 108 valence electrons. The van der Waals surface area contributed by atoms with Gasteiger partial charge in [-0.1, -0.05) is 15.9 Å². The highest BCUT2D eigenvalue weighted by atomic mass is 79.9. The molecule has 0 saturated heterocycles. The summed E-state index contributed by atoms with van der Waals surface area (Å²) in [5, 5.41) is 2.82. The fourth-order valence-corrected chi connectivity index (χ4v) is 2.96. The minimum absolute atomic E-state index is 0.00491. The topological polar surface area (TPSA) is 46.2 Å². The third-order valence-corrected chi connectivity index (χ3v) is 4.24. The number of halogens is 3. The maximum Gasteiger partial charge on any atom is 0.147 e. The Morgan fingerprint density at radius 3 is 2.26 bits per heavy atom. The Bertz CT molecular complexity index is 526. The molecule has 0 bridgehead atoms. The summed E-state index contributed by atoms with van der Waals surface area (Å²) in [5.74, 6) is -1.29. The van der Waals surface area contributed by atoms with Crippen LogP contribution in [0.1, 0.15) is 24.4 Å². The highest BCUT2D eigenvalue weighted by molar-refractivity contribution is 9.10. The zero-order valence-corrected chi connectivity index (χ0v) is 13.1. The molecule has 1 atom stereocenters. The summed E-state index contributed by atoms with van der Waals surface area (Å²) in [6, 6.07) is 1.84. The number of hydrogen-bond acceptors (Lipinski definition) is 3. The number of benzene rings is 1. The maximum absolute atomic E-state index is 13.8. The first kappa shape index (κ1) is 16.5. The molecule has 0 fully saturated rings. The third kappa shape index (κ3) is 5.16. The average Bonchev–Trinajstić information content (AvgIpc) is 2.23. The Morgan fingerprint density at radius 2 is 1.84 bits per heavy atom. The number of rotatable bonds is 6. The minimum atomic E-state index is -3.06. The molecule has 19 heavy (non-hydrogen) atoms. The van der Waals surface area contributed by atoms with Gasteiger partial charge in [-0.15, -0.1) is 0 Å². The van der Waals surface area contributed by atoms with E-state index in [1.54, 1.807) is 7.05 Å². The van der Waals surface area contributed by atoms with Crippen LogP contribution in [0.4, 0.5) is 8.78 Å². The van der Waals surface area contributed by atoms with E-state index in [2.05, 4.69) is 21.2 Å². The van der Waals surface area contributed by atoms with Crippen molar-refractivity contribution in [2.75, 3.05) is 19.1 Å². The Kier molecular flexibility index (Phi) is 5.88. The number of nitrogens with one attached hydrogen (secondary N) is 1. The van der Waals surface area contributed by atoms with Crippen molar-refractivity contribution < 1.29 is 17.2 Å². The molecular formula is C12H16BrF2NO2S. The van der Waals surface area contributed by atoms with Gasteiger partial charge in [-0.3, -0.25) is 0 Å². The lowest BCUT2D eigenvalue weighted by Crippen LogP contribution is -2.20. The summed E-state index contributed by atoms with van der Waals surface area (Å²) in [5.41, 5.74) is -0.0563. The minimum Gasteiger partial charge on any atom is -0.313 e. The second-order valence-corrected chi connectivity index (χ2v) is 7.57. The van der Waals surface area contributed by atoms with Crippen LogP contribution in [0.2, 0.25) is 0 Å². The van der Waals surface area contributed by atoms with Crippen molar-refractivity contribution in [1.29, 1.82) is 0 Å².